The van der Waals surface area contributed by atoms with E-state index in [1.165, 1.54) is 12.1 Å². The molecule has 38 heavy (non-hydrogen) atoms. The summed E-state index contributed by atoms with van der Waals surface area (Å²) in [5.41, 5.74) is -0.942. The van der Waals surface area contributed by atoms with Crippen LogP contribution in [-0.2, 0) is 0 Å². The lowest BCUT2D eigenvalue weighted by molar-refractivity contribution is -0.384. The Balaban J connectivity index is 1.90. The summed E-state index contributed by atoms with van der Waals surface area (Å²) in [6, 6.07) is 11.1. The SMILES string of the molecule is CC[C@@H](C(=O)c1ccccc1)N(C(=O)c1ccc([N+](=O)[O-])cc1)N1C(=O)c2c(Cl)c(Cl)c(Cl)c(Cl)c2C1=O. The molecule has 194 valence electrons. The molecule has 9 nitrogen and oxygen atoms in total. The molecule has 1 atom stereocenters. The maximum absolute atomic E-state index is 13.8. The molecule has 3 amide bonds. The van der Waals surface area contributed by atoms with Gasteiger partial charge in [-0.2, -0.15) is 5.01 Å². The van der Waals surface area contributed by atoms with Crippen molar-refractivity contribution < 1.29 is 24.1 Å². The second kappa shape index (κ2) is 10.7. The summed E-state index contributed by atoms with van der Waals surface area (Å²) >= 11 is 24.7. The first-order chi connectivity index (χ1) is 18.0. The van der Waals surface area contributed by atoms with E-state index in [1.807, 2.05) is 0 Å². The van der Waals surface area contributed by atoms with Crippen LogP contribution >= 0.6 is 46.4 Å². The van der Waals surface area contributed by atoms with Crippen molar-refractivity contribution in [3.05, 3.63) is 107 Å². The Morgan fingerprint density at radius 2 is 1.34 bits per heavy atom. The first-order valence-corrected chi connectivity index (χ1v) is 12.4. The largest absolute Gasteiger partial charge is 0.292 e. The second-order valence-corrected chi connectivity index (χ2v) is 9.55. The van der Waals surface area contributed by atoms with Crippen LogP contribution in [0.4, 0.5) is 5.69 Å². The number of nitrogens with zero attached hydrogens (tertiary/aromatic N) is 3. The van der Waals surface area contributed by atoms with Gasteiger partial charge >= 0.3 is 0 Å². The van der Waals surface area contributed by atoms with E-state index in [4.69, 9.17) is 46.4 Å². The molecule has 0 radical (unpaired) electrons. The van der Waals surface area contributed by atoms with Crippen molar-refractivity contribution in [2.45, 2.75) is 19.4 Å². The molecule has 0 N–H and O–H groups in total. The number of rotatable bonds is 7. The fourth-order valence-corrected chi connectivity index (χ4v) is 5.04. The van der Waals surface area contributed by atoms with Crippen LogP contribution in [0.3, 0.4) is 0 Å². The molecule has 0 saturated carbocycles. The van der Waals surface area contributed by atoms with Gasteiger partial charge in [-0.1, -0.05) is 83.7 Å². The van der Waals surface area contributed by atoms with Gasteiger partial charge in [0.25, 0.3) is 23.4 Å². The van der Waals surface area contributed by atoms with Gasteiger partial charge in [-0.15, -0.1) is 0 Å². The van der Waals surface area contributed by atoms with Gasteiger partial charge in [0.1, 0.15) is 6.04 Å². The van der Waals surface area contributed by atoms with Gasteiger partial charge < -0.3 is 0 Å². The molecular weight excluding hydrogens is 580 g/mol. The smallest absolute Gasteiger partial charge is 0.282 e. The third-order valence-corrected chi connectivity index (χ3v) is 7.67. The fourth-order valence-electron chi connectivity index (χ4n) is 4.03. The predicted octanol–water partition coefficient (Wildman–Crippen LogP) is 6.52. The van der Waals surface area contributed by atoms with Crippen molar-refractivity contribution >= 4 is 75.6 Å². The quantitative estimate of drug-likeness (QED) is 0.0767. The Bertz CT molecular complexity index is 1460. The molecule has 0 aromatic heterocycles. The van der Waals surface area contributed by atoms with Gasteiger partial charge in [-0.05, 0) is 18.6 Å². The number of benzene rings is 3. The Morgan fingerprint density at radius 1 is 0.842 bits per heavy atom. The molecule has 13 heteroatoms. The van der Waals surface area contributed by atoms with Crippen LogP contribution in [0.5, 0.6) is 0 Å². The lowest BCUT2D eigenvalue weighted by atomic mass is 10.0. The lowest BCUT2D eigenvalue weighted by Crippen LogP contribution is -2.57. The van der Waals surface area contributed by atoms with Gasteiger partial charge in [-0.3, -0.25) is 29.3 Å². The van der Waals surface area contributed by atoms with Crippen LogP contribution in [0.25, 0.3) is 0 Å². The number of nitro groups is 1. The number of amides is 3. The maximum Gasteiger partial charge on any atom is 0.282 e. The van der Waals surface area contributed by atoms with Crippen LogP contribution in [0.15, 0.2) is 54.6 Å². The molecule has 0 bridgehead atoms. The van der Waals surface area contributed by atoms with Gasteiger partial charge in [0.05, 0.1) is 36.1 Å². The van der Waals surface area contributed by atoms with E-state index in [9.17, 15) is 29.3 Å². The second-order valence-electron chi connectivity index (χ2n) is 8.04. The zero-order chi connectivity index (χ0) is 27.9. The van der Waals surface area contributed by atoms with E-state index in [0.717, 1.165) is 29.3 Å². The molecule has 0 unspecified atom stereocenters. The van der Waals surface area contributed by atoms with Gasteiger partial charge in [0.2, 0.25) is 0 Å². The molecule has 4 rings (SSSR count). The number of carbonyl (C=O) groups is 4. The number of hydrogen-bond donors (Lipinski definition) is 0. The summed E-state index contributed by atoms with van der Waals surface area (Å²) in [4.78, 5) is 65.0. The topological polar surface area (TPSA) is 118 Å². The van der Waals surface area contributed by atoms with E-state index < -0.39 is 34.5 Å². The number of carbonyl (C=O) groups excluding carboxylic acids is 4. The number of non-ortho nitro benzene ring substituents is 1. The maximum atomic E-state index is 13.8. The Kier molecular flexibility index (Phi) is 7.75. The number of hydrazine groups is 1. The van der Waals surface area contributed by atoms with Crippen molar-refractivity contribution in [1.29, 1.82) is 0 Å². The summed E-state index contributed by atoms with van der Waals surface area (Å²) in [5.74, 6) is -3.61. The number of imide groups is 1. The lowest BCUT2D eigenvalue weighted by Gasteiger charge is -2.35. The van der Waals surface area contributed by atoms with Gasteiger partial charge in [-0.25, -0.2) is 5.01 Å². The van der Waals surface area contributed by atoms with Crippen molar-refractivity contribution in [3.63, 3.8) is 0 Å². The summed E-state index contributed by atoms with van der Waals surface area (Å²) in [6.45, 7) is 1.59. The molecule has 3 aromatic rings. The molecule has 0 fully saturated rings. The number of Topliss-reactive ketones (excluding diaryl/α,β-unsaturated/α-hetero) is 1. The van der Waals surface area contributed by atoms with E-state index in [2.05, 4.69) is 0 Å². The molecule has 0 spiro atoms. The standard InChI is InChI=1S/C25H15Cl4N3O6/c1-2-15(22(33)12-6-4-3-5-7-12)30(23(34)13-8-10-14(11-9-13)32(37)38)31-24(35)16-17(25(31)36)19(27)21(29)20(28)18(16)26/h3-11,15H,2H2,1H3/t15-/m0/s1. The first-order valence-electron chi connectivity index (χ1n) is 10.9. The van der Waals surface area contributed by atoms with Crippen LogP contribution in [0.1, 0.15) is 54.8 Å². The zero-order valence-electron chi connectivity index (χ0n) is 19.3. The fraction of sp³-hybridized carbons (Fsp3) is 0.120. The number of fused-ring (bicyclic) bond motifs is 1. The molecule has 3 aromatic carbocycles. The number of ketones is 1. The summed E-state index contributed by atoms with van der Waals surface area (Å²) in [6.07, 6.45) is -0.0111. The molecular formula is C25H15Cl4N3O6. The van der Waals surface area contributed by atoms with Crippen LogP contribution in [0.2, 0.25) is 20.1 Å². The minimum Gasteiger partial charge on any atom is -0.292 e. The molecule has 1 aliphatic rings. The third kappa shape index (κ3) is 4.52. The van der Waals surface area contributed by atoms with Crippen LogP contribution < -0.4 is 0 Å². The number of hydrogen-bond acceptors (Lipinski definition) is 6. The number of nitro benzene ring substituents is 1. The highest BCUT2D eigenvalue weighted by atomic mass is 35.5. The van der Waals surface area contributed by atoms with Crippen LogP contribution in [-0.4, -0.2) is 44.5 Å². The Morgan fingerprint density at radius 3 is 1.79 bits per heavy atom. The van der Waals surface area contributed by atoms with Crippen molar-refractivity contribution in [3.8, 4) is 0 Å². The summed E-state index contributed by atoms with van der Waals surface area (Å²) in [7, 11) is 0. The summed E-state index contributed by atoms with van der Waals surface area (Å²) in [5, 5.41) is 11.1. The summed E-state index contributed by atoms with van der Waals surface area (Å²) < 4.78 is 0. The van der Waals surface area contributed by atoms with Crippen molar-refractivity contribution in [2.24, 2.45) is 0 Å². The van der Waals surface area contributed by atoms with Crippen LogP contribution in [0, 0.1) is 10.1 Å². The van der Waals surface area contributed by atoms with Crippen molar-refractivity contribution in [1.82, 2.24) is 10.0 Å². The molecule has 1 aliphatic heterocycles. The monoisotopic (exact) mass is 593 g/mol. The average molecular weight is 595 g/mol. The minimum absolute atomic E-state index is 0.0111. The predicted molar refractivity (Wildman–Crippen MR) is 141 cm³/mol. The van der Waals surface area contributed by atoms with E-state index >= 15 is 0 Å². The average Bonchev–Trinajstić information content (AvgIpc) is 3.18. The minimum atomic E-state index is -1.34. The zero-order valence-corrected chi connectivity index (χ0v) is 22.3. The highest BCUT2D eigenvalue weighted by molar-refractivity contribution is 6.55. The van der Waals surface area contributed by atoms with Crippen molar-refractivity contribution in [2.75, 3.05) is 0 Å². The highest BCUT2D eigenvalue weighted by Gasteiger charge is 2.49. The first kappa shape index (κ1) is 27.5. The normalized spacial score (nSPS) is 13.3. The molecule has 1 heterocycles. The number of halogens is 4. The highest BCUT2D eigenvalue weighted by Crippen LogP contribution is 2.45. The third-order valence-electron chi connectivity index (χ3n) is 5.87. The molecule has 0 aliphatic carbocycles. The Hall–Kier alpha value is -3.50. The Labute approximate surface area is 235 Å². The van der Waals surface area contributed by atoms with Gasteiger partial charge in [0.15, 0.2) is 5.78 Å². The van der Waals surface area contributed by atoms with Gasteiger partial charge in [0, 0.05) is 23.3 Å². The van der Waals surface area contributed by atoms with E-state index in [0.29, 0.717) is 5.01 Å². The van der Waals surface area contributed by atoms with E-state index in [-0.39, 0.29) is 54.5 Å². The van der Waals surface area contributed by atoms with E-state index in [1.54, 1.807) is 25.1 Å². The molecule has 0 saturated heterocycles.